The SMILES string of the molecule is C[C@@H](c1noc(CNC(=O)NCc2ccc(F)cc2)n1)n1ccnc1. The molecule has 0 saturated heterocycles. The van der Waals surface area contributed by atoms with Gasteiger partial charge in [0.05, 0.1) is 18.9 Å². The maximum absolute atomic E-state index is 12.8. The van der Waals surface area contributed by atoms with Gasteiger partial charge in [0.25, 0.3) is 0 Å². The number of urea groups is 1. The van der Waals surface area contributed by atoms with Crippen LogP contribution in [0.3, 0.4) is 0 Å². The Bertz CT molecular complexity index is 816. The molecule has 0 bridgehead atoms. The Morgan fingerprint density at radius 2 is 2.04 bits per heavy atom. The van der Waals surface area contributed by atoms with Crippen LogP contribution in [0.25, 0.3) is 0 Å². The van der Waals surface area contributed by atoms with E-state index in [1.807, 2.05) is 17.7 Å². The van der Waals surface area contributed by atoms with Crippen molar-refractivity contribution in [2.24, 2.45) is 0 Å². The second kappa shape index (κ2) is 7.56. The highest BCUT2D eigenvalue weighted by Gasteiger charge is 2.15. The van der Waals surface area contributed by atoms with Crippen LogP contribution in [-0.4, -0.2) is 25.7 Å². The van der Waals surface area contributed by atoms with E-state index in [0.717, 1.165) is 5.56 Å². The van der Waals surface area contributed by atoms with Crippen LogP contribution in [-0.2, 0) is 13.1 Å². The van der Waals surface area contributed by atoms with Crippen LogP contribution in [0.4, 0.5) is 9.18 Å². The topological polar surface area (TPSA) is 97.9 Å². The van der Waals surface area contributed by atoms with E-state index >= 15 is 0 Å². The molecule has 25 heavy (non-hydrogen) atoms. The van der Waals surface area contributed by atoms with Gasteiger partial charge in [-0.25, -0.2) is 14.2 Å². The first-order chi connectivity index (χ1) is 12.1. The van der Waals surface area contributed by atoms with Crippen molar-refractivity contribution < 1.29 is 13.7 Å². The number of imidazole rings is 1. The second-order valence-electron chi connectivity index (χ2n) is 5.39. The van der Waals surface area contributed by atoms with Crippen LogP contribution in [0.15, 0.2) is 47.5 Å². The van der Waals surface area contributed by atoms with Gasteiger partial charge in [-0.15, -0.1) is 0 Å². The number of hydrogen-bond acceptors (Lipinski definition) is 5. The molecule has 0 aliphatic heterocycles. The van der Waals surface area contributed by atoms with Crippen molar-refractivity contribution in [3.63, 3.8) is 0 Å². The van der Waals surface area contributed by atoms with Crippen LogP contribution in [0.2, 0.25) is 0 Å². The summed E-state index contributed by atoms with van der Waals surface area (Å²) >= 11 is 0. The maximum atomic E-state index is 12.8. The zero-order chi connectivity index (χ0) is 17.6. The first-order valence-corrected chi connectivity index (χ1v) is 7.68. The van der Waals surface area contributed by atoms with Gasteiger partial charge in [-0.2, -0.15) is 4.98 Å². The second-order valence-corrected chi connectivity index (χ2v) is 5.39. The van der Waals surface area contributed by atoms with Gasteiger partial charge in [0.15, 0.2) is 5.82 Å². The summed E-state index contributed by atoms with van der Waals surface area (Å²) in [6.07, 6.45) is 5.15. The molecule has 0 spiro atoms. The lowest BCUT2D eigenvalue weighted by Gasteiger charge is -2.07. The van der Waals surface area contributed by atoms with Crippen molar-refractivity contribution in [2.75, 3.05) is 0 Å². The van der Waals surface area contributed by atoms with Crippen molar-refractivity contribution in [2.45, 2.75) is 26.1 Å². The summed E-state index contributed by atoms with van der Waals surface area (Å²) in [5.41, 5.74) is 0.797. The van der Waals surface area contributed by atoms with Crippen molar-refractivity contribution in [1.82, 2.24) is 30.3 Å². The van der Waals surface area contributed by atoms with Gasteiger partial charge >= 0.3 is 6.03 Å². The fourth-order valence-electron chi connectivity index (χ4n) is 2.14. The van der Waals surface area contributed by atoms with E-state index in [1.54, 1.807) is 24.7 Å². The summed E-state index contributed by atoms with van der Waals surface area (Å²) in [6, 6.07) is 5.40. The molecule has 1 aromatic carbocycles. The summed E-state index contributed by atoms with van der Waals surface area (Å²) in [5.74, 6) is 0.491. The molecule has 0 saturated carbocycles. The summed E-state index contributed by atoms with van der Waals surface area (Å²) in [7, 11) is 0. The lowest BCUT2D eigenvalue weighted by molar-refractivity contribution is 0.238. The van der Waals surface area contributed by atoms with Crippen molar-refractivity contribution >= 4 is 6.03 Å². The molecule has 3 aromatic rings. The number of aromatic nitrogens is 4. The Hall–Kier alpha value is -3.23. The number of halogens is 1. The van der Waals surface area contributed by atoms with Gasteiger partial charge in [0, 0.05) is 18.9 Å². The Morgan fingerprint density at radius 3 is 2.76 bits per heavy atom. The van der Waals surface area contributed by atoms with Crippen LogP contribution in [0.5, 0.6) is 0 Å². The molecular formula is C16H17FN6O2. The monoisotopic (exact) mass is 344 g/mol. The number of hydrogen-bond donors (Lipinski definition) is 2. The molecule has 8 nitrogen and oxygen atoms in total. The average molecular weight is 344 g/mol. The Morgan fingerprint density at radius 1 is 1.28 bits per heavy atom. The normalized spacial score (nSPS) is 11.9. The Balaban J connectivity index is 1.47. The molecule has 9 heteroatoms. The summed E-state index contributed by atoms with van der Waals surface area (Å²) in [4.78, 5) is 20.0. The van der Waals surface area contributed by atoms with Gasteiger partial charge in [-0.3, -0.25) is 0 Å². The minimum absolute atomic E-state index is 0.110. The van der Waals surface area contributed by atoms with Gasteiger partial charge in [-0.1, -0.05) is 17.3 Å². The summed E-state index contributed by atoms with van der Waals surface area (Å²) in [5, 5.41) is 9.20. The molecule has 0 aliphatic rings. The van der Waals surface area contributed by atoms with E-state index in [9.17, 15) is 9.18 Å². The largest absolute Gasteiger partial charge is 0.337 e. The number of nitrogens with zero attached hydrogens (tertiary/aromatic N) is 4. The molecule has 3 rings (SSSR count). The average Bonchev–Trinajstić information content (AvgIpc) is 3.30. The van der Waals surface area contributed by atoms with Crippen LogP contribution in [0.1, 0.15) is 30.2 Å². The Labute approximate surface area is 143 Å². The number of benzene rings is 1. The van der Waals surface area contributed by atoms with Gasteiger partial charge in [0.1, 0.15) is 5.82 Å². The number of carbonyl (C=O) groups excluding carboxylic acids is 1. The van der Waals surface area contributed by atoms with Gasteiger partial charge in [0.2, 0.25) is 5.89 Å². The summed E-state index contributed by atoms with van der Waals surface area (Å²) in [6.45, 7) is 2.32. The molecular weight excluding hydrogens is 327 g/mol. The molecule has 2 N–H and O–H groups in total. The molecule has 130 valence electrons. The molecule has 1 atom stereocenters. The molecule has 0 radical (unpaired) electrons. The third-order valence-electron chi connectivity index (χ3n) is 3.60. The van der Waals surface area contributed by atoms with E-state index in [0.29, 0.717) is 18.3 Å². The zero-order valence-corrected chi connectivity index (χ0v) is 13.5. The smallest absolute Gasteiger partial charge is 0.315 e. The first kappa shape index (κ1) is 16.6. The number of nitrogens with one attached hydrogen (secondary N) is 2. The fourth-order valence-corrected chi connectivity index (χ4v) is 2.14. The molecule has 0 aliphatic carbocycles. The highest BCUT2D eigenvalue weighted by molar-refractivity contribution is 5.73. The minimum Gasteiger partial charge on any atom is -0.337 e. The predicted molar refractivity (Wildman–Crippen MR) is 85.8 cm³/mol. The van der Waals surface area contributed by atoms with E-state index in [-0.39, 0.29) is 24.4 Å². The third kappa shape index (κ3) is 4.40. The zero-order valence-electron chi connectivity index (χ0n) is 13.5. The molecule has 2 heterocycles. The highest BCUT2D eigenvalue weighted by Crippen LogP contribution is 2.13. The van der Waals surface area contributed by atoms with Crippen molar-refractivity contribution in [1.29, 1.82) is 0 Å². The van der Waals surface area contributed by atoms with E-state index in [4.69, 9.17) is 4.52 Å². The van der Waals surface area contributed by atoms with E-state index in [1.165, 1.54) is 12.1 Å². The Kier molecular flexibility index (Phi) is 5.03. The highest BCUT2D eigenvalue weighted by atomic mass is 19.1. The van der Waals surface area contributed by atoms with E-state index in [2.05, 4.69) is 25.8 Å². The quantitative estimate of drug-likeness (QED) is 0.713. The molecule has 2 aromatic heterocycles. The lowest BCUT2D eigenvalue weighted by atomic mass is 10.2. The molecule has 2 amide bonds. The van der Waals surface area contributed by atoms with Gasteiger partial charge in [-0.05, 0) is 24.6 Å². The standard InChI is InChI=1S/C16H17FN6O2/c1-11(23-7-6-18-10-23)15-21-14(25-22-15)9-20-16(24)19-8-12-2-4-13(17)5-3-12/h2-7,10-11H,8-9H2,1H3,(H2,19,20,24)/t11-/m0/s1. The fraction of sp³-hybridized carbons (Fsp3) is 0.250. The maximum Gasteiger partial charge on any atom is 0.315 e. The van der Waals surface area contributed by atoms with Crippen molar-refractivity contribution in [3.8, 4) is 0 Å². The molecule has 0 fully saturated rings. The number of rotatable bonds is 6. The van der Waals surface area contributed by atoms with E-state index < -0.39 is 0 Å². The van der Waals surface area contributed by atoms with Crippen LogP contribution in [0, 0.1) is 5.82 Å². The number of carbonyl (C=O) groups is 1. The first-order valence-electron chi connectivity index (χ1n) is 7.68. The van der Waals surface area contributed by atoms with Crippen LogP contribution >= 0.6 is 0 Å². The summed E-state index contributed by atoms with van der Waals surface area (Å²) < 4.78 is 19.8. The van der Waals surface area contributed by atoms with Crippen molar-refractivity contribution in [3.05, 3.63) is 66.1 Å². The van der Waals surface area contributed by atoms with Gasteiger partial charge < -0.3 is 19.7 Å². The number of amides is 2. The predicted octanol–water partition coefficient (Wildman–Crippen LogP) is 2.01. The lowest BCUT2D eigenvalue weighted by Crippen LogP contribution is -2.34. The third-order valence-corrected chi connectivity index (χ3v) is 3.60. The molecule has 0 unspecified atom stereocenters. The van der Waals surface area contributed by atoms with Crippen LogP contribution < -0.4 is 10.6 Å². The minimum atomic E-state index is -0.383.